The fraction of sp³-hybridized carbons (Fsp3) is 0.455. The summed E-state index contributed by atoms with van der Waals surface area (Å²) < 4.78 is 27.6. The standard InChI is InChI=1S/C11H14BrClN2O2S.ClH/c12-10-6-9(3-4-11(10)13)18(16,17)15-8-2-1-5-14-7-8;/h3-4,6,8,14-15H,1-2,5,7H2;1H. The normalized spacial score (nSPS) is 19.8. The van der Waals surface area contributed by atoms with E-state index in [9.17, 15) is 8.42 Å². The van der Waals surface area contributed by atoms with E-state index in [4.69, 9.17) is 11.6 Å². The Kier molecular flexibility index (Phi) is 6.56. The monoisotopic (exact) mass is 388 g/mol. The molecule has 0 aromatic heterocycles. The average Bonchev–Trinajstić information content (AvgIpc) is 2.33. The largest absolute Gasteiger partial charge is 0.315 e. The predicted molar refractivity (Wildman–Crippen MR) is 82.6 cm³/mol. The van der Waals surface area contributed by atoms with E-state index in [-0.39, 0.29) is 23.3 Å². The number of rotatable bonds is 3. The third-order valence-electron chi connectivity index (χ3n) is 2.82. The highest BCUT2D eigenvalue weighted by atomic mass is 79.9. The molecule has 1 aliphatic heterocycles. The maximum Gasteiger partial charge on any atom is 0.240 e. The molecule has 0 amide bonds. The molecule has 1 heterocycles. The molecule has 1 saturated heterocycles. The molecule has 0 spiro atoms. The van der Waals surface area contributed by atoms with Gasteiger partial charge in [0, 0.05) is 17.1 Å². The Morgan fingerprint density at radius 3 is 2.74 bits per heavy atom. The minimum atomic E-state index is -3.48. The highest BCUT2D eigenvalue weighted by Crippen LogP contribution is 2.25. The van der Waals surface area contributed by atoms with Crippen molar-refractivity contribution in [3.63, 3.8) is 0 Å². The molecule has 1 unspecified atom stereocenters. The summed E-state index contributed by atoms with van der Waals surface area (Å²) in [6.45, 7) is 1.62. The molecule has 0 radical (unpaired) electrons. The fourth-order valence-corrected chi connectivity index (χ4v) is 3.83. The third-order valence-corrected chi connectivity index (χ3v) is 5.55. The van der Waals surface area contributed by atoms with Crippen molar-refractivity contribution in [2.45, 2.75) is 23.8 Å². The Morgan fingerprint density at radius 1 is 1.42 bits per heavy atom. The number of sulfonamides is 1. The first-order valence-corrected chi connectivity index (χ1v) is 8.32. The molecule has 4 nitrogen and oxygen atoms in total. The van der Waals surface area contributed by atoms with Crippen LogP contribution in [-0.2, 0) is 10.0 Å². The first-order chi connectivity index (χ1) is 8.49. The molecule has 1 aliphatic rings. The van der Waals surface area contributed by atoms with Crippen LogP contribution in [0.15, 0.2) is 27.6 Å². The summed E-state index contributed by atoms with van der Waals surface area (Å²) in [7, 11) is -3.48. The van der Waals surface area contributed by atoms with Gasteiger partial charge in [0.1, 0.15) is 0 Å². The smallest absolute Gasteiger partial charge is 0.240 e. The first kappa shape index (κ1) is 17.2. The molecule has 1 aromatic rings. The molecule has 1 fully saturated rings. The predicted octanol–water partition coefficient (Wildman–Crippen LogP) is 2.55. The van der Waals surface area contributed by atoms with E-state index in [0.717, 1.165) is 19.4 Å². The number of nitrogens with one attached hydrogen (secondary N) is 2. The van der Waals surface area contributed by atoms with Gasteiger partial charge >= 0.3 is 0 Å². The van der Waals surface area contributed by atoms with Crippen molar-refractivity contribution in [2.75, 3.05) is 13.1 Å². The van der Waals surface area contributed by atoms with Crippen LogP contribution in [0, 0.1) is 0 Å². The van der Waals surface area contributed by atoms with E-state index in [1.165, 1.54) is 12.1 Å². The third kappa shape index (κ3) is 4.58. The Labute approximate surface area is 132 Å². The zero-order valence-corrected chi connectivity index (χ0v) is 14.0. The fourth-order valence-electron chi connectivity index (χ4n) is 1.88. The lowest BCUT2D eigenvalue weighted by molar-refractivity contribution is 0.428. The molecule has 0 bridgehead atoms. The van der Waals surface area contributed by atoms with Crippen LogP contribution in [0.3, 0.4) is 0 Å². The molecule has 0 saturated carbocycles. The van der Waals surface area contributed by atoms with Crippen molar-refractivity contribution in [2.24, 2.45) is 0 Å². The number of halogens is 3. The van der Waals surface area contributed by atoms with Crippen molar-refractivity contribution in [3.05, 3.63) is 27.7 Å². The molecular weight excluding hydrogens is 375 g/mol. The van der Waals surface area contributed by atoms with Gasteiger partial charge in [-0.25, -0.2) is 13.1 Å². The molecular formula is C11H15BrCl2N2O2S. The van der Waals surface area contributed by atoms with Crippen LogP contribution in [0.2, 0.25) is 5.02 Å². The average molecular weight is 390 g/mol. The van der Waals surface area contributed by atoms with E-state index in [1.807, 2.05) is 0 Å². The topological polar surface area (TPSA) is 58.2 Å². The number of hydrogen-bond acceptors (Lipinski definition) is 3. The van der Waals surface area contributed by atoms with E-state index in [0.29, 0.717) is 16.0 Å². The SMILES string of the molecule is Cl.O=S(=O)(NC1CCCNC1)c1ccc(Cl)c(Br)c1. The van der Waals surface area contributed by atoms with Crippen molar-refractivity contribution in [3.8, 4) is 0 Å². The van der Waals surface area contributed by atoms with Crippen LogP contribution in [-0.4, -0.2) is 27.5 Å². The van der Waals surface area contributed by atoms with Crippen LogP contribution in [0.25, 0.3) is 0 Å². The second-order valence-electron chi connectivity index (χ2n) is 4.24. The quantitative estimate of drug-likeness (QED) is 0.835. The highest BCUT2D eigenvalue weighted by molar-refractivity contribution is 9.10. The van der Waals surface area contributed by atoms with Gasteiger partial charge in [-0.05, 0) is 53.5 Å². The van der Waals surface area contributed by atoms with Gasteiger partial charge in [0.25, 0.3) is 0 Å². The summed E-state index contributed by atoms with van der Waals surface area (Å²) in [5.41, 5.74) is 0. The summed E-state index contributed by atoms with van der Waals surface area (Å²) in [5, 5.41) is 3.67. The summed E-state index contributed by atoms with van der Waals surface area (Å²) in [6, 6.07) is 4.55. The molecule has 2 rings (SSSR count). The van der Waals surface area contributed by atoms with E-state index in [1.54, 1.807) is 6.07 Å². The number of benzene rings is 1. The lowest BCUT2D eigenvalue weighted by Gasteiger charge is -2.23. The summed E-state index contributed by atoms with van der Waals surface area (Å²) in [4.78, 5) is 0.226. The van der Waals surface area contributed by atoms with Crippen LogP contribution < -0.4 is 10.0 Å². The molecule has 8 heteroatoms. The highest BCUT2D eigenvalue weighted by Gasteiger charge is 2.22. The lowest BCUT2D eigenvalue weighted by atomic mass is 10.1. The Hall–Kier alpha value is 0.150. The lowest BCUT2D eigenvalue weighted by Crippen LogP contribution is -2.45. The zero-order chi connectivity index (χ0) is 13.2. The van der Waals surface area contributed by atoms with Crippen molar-refractivity contribution in [1.29, 1.82) is 0 Å². The van der Waals surface area contributed by atoms with Crippen LogP contribution in [0.5, 0.6) is 0 Å². The second-order valence-corrected chi connectivity index (χ2v) is 7.22. The van der Waals surface area contributed by atoms with Gasteiger partial charge in [0.15, 0.2) is 0 Å². The van der Waals surface area contributed by atoms with E-state index < -0.39 is 10.0 Å². The molecule has 1 atom stereocenters. The number of piperidine rings is 1. The zero-order valence-electron chi connectivity index (χ0n) is 10.0. The van der Waals surface area contributed by atoms with Gasteiger partial charge in [0.05, 0.1) is 9.92 Å². The summed E-state index contributed by atoms with van der Waals surface area (Å²) >= 11 is 9.08. The summed E-state index contributed by atoms with van der Waals surface area (Å²) in [6.07, 6.45) is 1.85. The van der Waals surface area contributed by atoms with Crippen molar-refractivity contribution < 1.29 is 8.42 Å². The minimum Gasteiger partial charge on any atom is -0.315 e. The van der Waals surface area contributed by atoms with Gasteiger partial charge in [-0.15, -0.1) is 12.4 Å². The van der Waals surface area contributed by atoms with Crippen molar-refractivity contribution in [1.82, 2.24) is 10.0 Å². The Morgan fingerprint density at radius 2 is 2.16 bits per heavy atom. The van der Waals surface area contributed by atoms with Crippen molar-refractivity contribution >= 4 is 50.0 Å². The van der Waals surface area contributed by atoms with Gasteiger partial charge in [0.2, 0.25) is 10.0 Å². The van der Waals surface area contributed by atoms with Crippen LogP contribution in [0.1, 0.15) is 12.8 Å². The van der Waals surface area contributed by atoms with Gasteiger partial charge in [-0.2, -0.15) is 0 Å². The van der Waals surface area contributed by atoms with Gasteiger partial charge < -0.3 is 5.32 Å². The minimum absolute atomic E-state index is 0. The molecule has 0 aliphatic carbocycles. The Balaban J connectivity index is 0.00000180. The van der Waals surface area contributed by atoms with Gasteiger partial charge in [-0.1, -0.05) is 11.6 Å². The van der Waals surface area contributed by atoms with Crippen LogP contribution in [0.4, 0.5) is 0 Å². The van der Waals surface area contributed by atoms with E-state index in [2.05, 4.69) is 26.0 Å². The molecule has 2 N–H and O–H groups in total. The van der Waals surface area contributed by atoms with Gasteiger partial charge in [-0.3, -0.25) is 0 Å². The molecule has 19 heavy (non-hydrogen) atoms. The Bertz CT molecular complexity index is 533. The maximum atomic E-state index is 12.2. The second kappa shape index (κ2) is 7.24. The van der Waals surface area contributed by atoms with Crippen LogP contribution >= 0.6 is 39.9 Å². The number of hydrogen-bond donors (Lipinski definition) is 2. The maximum absolute atomic E-state index is 12.2. The summed E-state index contributed by atoms with van der Waals surface area (Å²) in [5.74, 6) is 0. The molecule has 108 valence electrons. The first-order valence-electron chi connectivity index (χ1n) is 5.67. The molecule has 1 aromatic carbocycles. The van der Waals surface area contributed by atoms with E-state index >= 15 is 0 Å².